The van der Waals surface area contributed by atoms with Crippen molar-refractivity contribution in [1.29, 1.82) is 0 Å². The topological polar surface area (TPSA) is 49.8 Å². The van der Waals surface area contributed by atoms with Crippen molar-refractivity contribution in [1.82, 2.24) is 9.97 Å². The Morgan fingerprint density at radius 2 is 2.21 bits per heavy atom. The summed E-state index contributed by atoms with van der Waals surface area (Å²) in [6, 6.07) is 6.50. The van der Waals surface area contributed by atoms with Crippen LogP contribution < -0.4 is 10.6 Å². The van der Waals surface area contributed by atoms with Crippen LogP contribution in [0.4, 0.5) is 11.8 Å². The molecule has 1 atom stereocenters. The van der Waals surface area contributed by atoms with E-state index in [9.17, 15) is 0 Å². The van der Waals surface area contributed by atoms with Gasteiger partial charge in [0.1, 0.15) is 5.82 Å². The van der Waals surface area contributed by atoms with Crippen molar-refractivity contribution >= 4 is 23.1 Å². The first-order valence-corrected chi connectivity index (χ1v) is 7.58. The van der Waals surface area contributed by atoms with Gasteiger partial charge in [-0.25, -0.2) is 4.98 Å². The van der Waals surface area contributed by atoms with E-state index < -0.39 is 0 Å². The van der Waals surface area contributed by atoms with E-state index in [1.807, 2.05) is 13.0 Å². The molecular formula is C14H20N4S. The molecule has 0 spiro atoms. The summed E-state index contributed by atoms with van der Waals surface area (Å²) in [5.41, 5.74) is 0. The Labute approximate surface area is 118 Å². The average molecular weight is 276 g/mol. The largest absolute Gasteiger partial charge is 0.362 e. The number of thiophene rings is 1. The van der Waals surface area contributed by atoms with Crippen LogP contribution in [-0.4, -0.2) is 16.5 Å². The van der Waals surface area contributed by atoms with Crippen molar-refractivity contribution in [2.45, 2.75) is 32.7 Å². The molecule has 0 aliphatic rings. The highest BCUT2D eigenvalue weighted by Crippen LogP contribution is 2.26. The molecule has 102 valence electrons. The van der Waals surface area contributed by atoms with Crippen molar-refractivity contribution < 1.29 is 0 Å². The zero-order valence-corrected chi connectivity index (χ0v) is 12.2. The van der Waals surface area contributed by atoms with Crippen LogP contribution in [0.1, 0.15) is 37.6 Å². The van der Waals surface area contributed by atoms with Gasteiger partial charge in [-0.15, -0.1) is 11.3 Å². The van der Waals surface area contributed by atoms with Gasteiger partial charge in [-0.1, -0.05) is 19.4 Å². The number of anilines is 2. The molecule has 4 nitrogen and oxygen atoms in total. The Balaban J connectivity index is 2.10. The van der Waals surface area contributed by atoms with Crippen LogP contribution in [0.5, 0.6) is 0 Å². The van der Waals surface area contributed by atoms with E-state index in [4.69, 9.17) is 0 Å². The zero-order chi connectivity index (χ0) is 13.5. The monoisotopic (exact) mass is 276 g/mol. The van der Waals surface area contributed by atoms with Crippen molar-refractivity contribution in [2.24, 2.45) is 0 Å². The second kappa shape index (κ2) is 7.09. The van der Waals surface area contributed by atoms with Crippen LogP contribution in [0.25, 0.3) is 0 Å². The van der Waals surface area contributed by atoms with Gasteiger partial charge in [-0.2, -0.15) is 4.98 Å². The molecule has 0 bridgehead atoms. The molecule has 2 N–H and O–H groups in total. The van der Waals surface area contributed by atoms with E-state index in [2.05, 4.69) is 45.0 Å². The maximum atomic E-state index is 4.47. The Hall–Kier alpha value is -1.62. The van der Waals surface area contributed by atoms with Gasteiger partial charge in [0.2, 0.25) is 5.95 Å². The van der Waals surface area contributed by atoms with Gasteiger partial charge in [-0.05, 0) is 30.9 Å². The van der Waals surface area contributed by atoms with Crippen LogP contribution in [0, 0.1) is 0 Å². The third kappa shape index (κ3) is 3.92. The molecule has 2 aromatic heterocycles. The molecule has 0 aromatic carbocycles. The maximum Gasteiger partial charge on any atom is 0.224 e. The molecule has 1 unspecified atom stereocenters. The highest BCUT2D eigenvalue weighted by Gasteiger charge is 2.12. The molecule has 0 aliphatic carbocycles. The summed E-state index contributed by atoms with van der Waals surface area (Å²) in [7, 11) is 0. The Kier molecular flexibility index (Phi) is 5.15. The number of nitrogens with one attached hydrogen (secondary N) is 2. The molecule has 2 aromatic rings. The van der Waals surface area contributed by atoms with Gasteiger partial charge in [0, 0.05) is 17.6 Å². The minimum absolute atomic E-state index is 0.328. The zero-order valence-electron chi connectivity index (χ0n) is 11.4. The van der Waals surface area contributed by atoms with Gasteiger partial charge in [0.25, 0.3) is 0 Å². The van der Waals surface area contributed by atoms with Gasteiger partial charge >= 0.3 is 0 Å². The van der Waals surface area contributed by atoms with Gasteiger partial charge in [-0.3, -0.25) is 0 Å². The van der Waals surface area contributed by atoms with Gasteiger partial charge in [0.05, 0.1) is 6.04 Å². The standard InChI is InChI=1S/C14H20N4S/c1-3-6-11(12-7-5-10-19-12)17-13-8-9-16-14(18-13)15-4-2/h5,7-11H,3-4,6H2,1-2H3,(H2,15,16,17,18). The smallest absolute Gasteiger partial charge is 0.224 e. The lowest BCUT2D eigenvalue weighted by molar-refractivity contribution is 0.684. The van der Waals surface area contributed by atoms with E-state index in [-0.39, 0.29) is 0 Å². The minimum Gasteiger partial charge on any atom is -0.362 e. The number of hydrogen-bond donors (Lipinski definition) is 2. The molecule has 19 heavy (non-hydrogen) atoms. The van der Waals surface area contributed by atoms with Crippen LogP contribution in [0.15, 0.2) is 29.8 Å². The predicted octanol–water partition coefficient (Wildman–Crippen LogP) is 3.92. The lowest BCUT2D eigenvalue weighted by Gasteiger charge is -2.17. The lowest BCUT2D eigenvalue weighted by Crippen LogP contribution is -2.11. The highest BCUT2D eigenvalue weighted by molar-refractivity contribution is 7.10. The van der Waals surface area contributed by atoms with E-state index in [0.717, 1.165) is 25.2 Å². The van der Waals surface area contributed by atoms with Gasteiger partial charge < -0.3 is 10.6 Å². The highest BCUT2D eigenvalue weighted by atomic mass is 32.1. The Morgan fingerprint density at radius 3 is 2.89 bits per heavy atom. The average Bonchev–Trinajstić information content (AvgIpc) is 2.93. The van der Waals surface area contributed by atoms with Crippen molar-refractivity contribution in [3.05, 3.63) is 34.7 Å². The van der Waals surface area contributed by atoms with Crippen LogP contribution >= 0.6 is 11.3 Å². The fourth-order valence-corrected chi connectivity index (χ4v) is 2.74. The van der Waals surface area contributed by atoms with Crippen LogP contribution in [0.2, 0.25) is 0 Å². The first-order valence-electron chi connectivity index (χ1n) is 6.70. The predicted molar refractivity (Wildman–Crippen MR) is 81.8 cm³/mol. The summed E-state index contributed by atoms with van der Waals surface area (Å²) in [6.45, 7) is 5.06. The lowest BCUT2D eigenvalue weighted by atomic mass is 10.1. The number of aromatic nitrogens is 2. The summed E-state index contributed by atoms with van der Waals surface area (Å²) in [6.07, 6.45) is 4.02. The minimum atomic E-state index is 0.328. The summed E-state index contributed by atoms with van der Waals surface area (Å²) >= 11 is 1.78. The van der Waals surface area contributed by atoms with E-state index >= 15 is 0 Å². The third-order valence-corrected chi connectivity index (χ3v) is 3.76. The van der Waals surface area contributed by atoms with Crippen molar-refractivity contribution in [2.75, 3.05) is 17.2 Å². The molecule has 0 saturated heterocycles. The number of nitrogens with zero attached hydrogens (tertiary/aromatic N) is 2. The first kappa shape index (κ1) is 13.8. The first-order chi connectivity index (χ1) is 9.33. The summed E-state index contributed by atoms with van der Waals surface area (Å²) in [5, 5.41) is 8.74. The molecule has 0 saturated carbocycles. The second-order valence-corrected chi connectivity index (χ2v) is 5.28. The molecule has 5 heteroatoms. The van der Waals surface area contributed by atoms with Crippen LogP contribution in [-0.2, 0) is 0 Å². The molecule has 2 heterocycles. The Bertz CT molecular complexity index is 484. The molecule has 0 radical (unpaired) electrons. The molecular weight excluding hydrogens is 256 g/mol. The summed E-state index contributed by atoms with van der Waals surface area (Å²) < 4.78 is 0. The maximum absolute atomic E-state index is 4.47. The third-order valence-electron chi connectivity index (χ3n) is 2.78. The quantitative estimate of drug-likeness (QED) is 0.804. The molecule has 0 amide bonds. The van der Waals surface area contributed by atoms with E-state index in [1.54, 1.807) is 17.5 Å². The fourth-order valence-electron chi connectivity index (χ4n) is 1.92. The van der Waals surface area contributed by atoms with Gasteiger partial charge in [0.15, 0.2) is 0 Å². The SMILES string of the molecule is CCCC(Nc1ccnc(NCC)n1)c1cccs1. The van der Waals surface area contributed by atoms with E-state index in [1.165, 1.54) is 4.88 Å². The second-order valence-electron chi connectivity index (χ2n) is 4.30. The normalized spacial score (nSPS) is 12.1. The molecule has 0 aliphatic heterocycles. The van der Waals surface area contributed by atoms with E-state index in [0.29, 0.717) is 12.0 Å². The van der Waals surface area contributed by atoms with Crippen LogP contribution in [0.3, 0.4) is 0 Å². The fraction of sp³-hybridized carbons (Fsp3) is 0.429. The number of rotatable bonds is 7. The number of hydrogen-bond acceptors (Lipinski definition) is 5. The summed E-state index contributed by atoms with van der Waals surface area (Å²) in [5.74, 6) is 1.55. The Morgan fingerprint density at radius 1 is 1.32 bits per heavy atom. The molecule has 2 rings (SSSR count). The van der Waals surface area contributed by atoms with Crippen molar-refractivity contribution in [3.8, 4) is 0 Å². The molecule has 0 fully saturated rings. The van der Waals surface area contributed by atoms with Crippen molar-refractivity contribution in [3.63, 3.8) is 0 Å². The summed E-state index contributed by atoms with van der Waals surface area (Å²) in [4.78, 5) is 10.0.